The third-order valence-corrected chi connectivity index (χ3v) is 1.35. The SMILES string of the molecule is CCC=CC=CC=O.CCC=CC=CC=O.[C]=O.[Ru]. The van der Waals surface area contributed by atoms with Gasteiger partial charge in [-0.15, -0.1) is 0 Å². The standard InChI is InChI=1S/2C7H10O.CO.Ru/c2*1-2-3-4-5-6-7-8;1-2;/h2*3-7H,2H2,1H3;;. The van der Waals surface area contributed by atoms with Gasteiger partial charge in [-0.1, -0.05) is 50.3 Å². The van der Waals surface area contributed by atoms with Gasteiger partial charge in [-0.2, -0.15) is 0 Å². The minimum absolute atomic E-state index is 0. The normalized spacial score (nSPS) is 9.58. The summed E-state index contributed by atoms with van der Waals surface area (Å²) in [7, 11) is 0. The number of carbonyl (C=O) groups is 2. The topological polar surface area (TPSA) is 51.2 Å². The first kappa shape index (κ1) is 26.2. The van der Waals surface area contributed by atoms with Crippen molar-refractivity contribution >= 4 is 19.4 Å². The Morgan fingerprint density at radius 3 is 1.21 bits per heavy atom. The van der Waals surface area contributed by atoms with Crippen LogP contribution in [0.15, 0.2) is 48.6 Å². The van der Waals surface area contributed by atoms with Crippen molar-refractivity contribution in [2.24, 2.45) is 0 Å². The summed E-state index contributed by atoms with van der Waals surface area (Å²) in [6.45, 7) is 8.59. The Morgan fingerprint density at radius 2 is 1.00 bits per heavy atom. The fourth-order valence-corrected chi connectivity index (χ4v) is 0.648. The Kier molecular flexibility index (Phi) is 49.6. The molecule has 19 heavy (non-hydrogen) atoms. The molecule has 0 bridgehead atoms. The predicted molar refractivity (Wildman–Crippen MR) is 75.0 cm³/mol. The van der Waals surface area contributed by atoms with E-state index in [-0.39, 0.29) is 19.5 Å². The first-order valence-electron chi connectivity index (χ1n) is 5.57. The zero-order chi connectivity index (χ0) is 14.5. The first-order valence-corrected chi connectivity index (χ1v) is 5.57. The van der Waals surface area contributed by atoms with Crippen LogP contribution in [0, 0.1) is 0 Å². The van der Waals surface area contributed by atoms with Gasteiger partial charge in [-0.05, 0) is 25.0 Å². The summed E-state index contributed by atoms with van der Waals surface area (Å²) in [6.07, 6.45) is 17.6. The number of hydrogen-bond acceptors (Lipinski definition) is 3. The average Bonchev–Trinajstić information content (AvgIpc) is 2.43. The molecule has 0 aromatic carbocycles. The fourth-order valence-electron chi connectivity index (χ4n) is 0.648. The molecule has 0 rings (SSSR count). The van der Waals surface area contributed by atoms with Crippen molar-refractivity contribution < 1.29 is 33.9 Å². The molecule has 0 saturated heterocycles. The maximum Gasteiger partial charge on any atom is 0.281 e. The van der Waals surface area contributed by atoms with Crippen molar-refractivity contribution in [2.75, 3.05) is 0 Å². The fraction of sp³-hybridized carbons (Fsp3) is 0.267. The molecule has 0 atom stereocenters. The summed E-state index contributed by atoms with van der Waals surface area (Å²) in [5.74, 6) is 0. The number of rotatable bonds is 6. The van der Waals surface area contributed by atoms with E-state index in [4.69, 9.17) is 4.79 Å². The molecule has 0 aliphatic rings. The molecule has 0 aliphatic heterocycles. The Labute approximate surface area is 128 Å². The molecule has 106 valence electrons. The quantitative estimate of drug-likeness (QED) is 0.321. The van der Waals surface area contributed by atoms with Gasteiger partial charge in [0.1, 0.15) is 12.6 Å². The summed E-state index contributed by atoms with van der Waals surface area (Å²) < 4.78 is 0. The van der Waals surface area contributed by atoms with E-state index in [0.717, 1.165) is 25.4 Å². The first-order chi connectivity index (χ1) is 8.83. The summed E-state index contributed by atoms with van der Waals surface area (Å²) >= 11 is 0. The van der Waals surface area contributed by atoms with Crippen molar-refractivity contribution in [2.45, 2.75) is 26.7 Å². The molecule has 0 aromatic heterocycles. The van der Waals surface area contributed by atoms with Gasteiger partial charge in [0.05, 0.1) is 0 Å². The molecule has 0 N–H and O–H groups in total. The summed E-state index contributed by atoms with van der Waals surface area (Å²) in [5, 5.41) is 0. The minimum atomic E-state index is 0. The Hall–Kier alpha value is -1.41. The second kappa shape index (κ2) is 36.0. The van der Waals surface area contributed by atoms with Crippen LogP contribution in [-0.2, 0) is 33.9 Å². The second-order valence-electron chi connectivity index (χ2n) is 2.71. The van der Waals surface area contributed by atoms with Gasteiger partial charge in [0.25, 0.3) is 6.79 Å². The van der Waals surface area contributed by atoms with E-state index < -0.39 is 0 Å². The van der Waals surface area contributed by atoms with Crippen LogP contribution in [0.3, 0.4) is 0 Å². The van der Waals surface area contributed by atoms with Gasteiger partial charge in [0.15, 0.2) is 0 Å². The molecular weight excluding hydrogens is 329 g/mol. The second-order valence-corrected chi connectivity index (χ2v) is 2.71. The van der Waals surface area contributed by atoms with Crippen LogP contribution in [0.2, 0.25) is 0 Å². The van der Waals surface area contributed by atoms with Crippen molar-refractivity contribution in [3.05, 3.63) is 48.6 Å². The van der Waals surface area contributed by atoms with Gasteiger partial charge < -0.3 is 0 Å². The Bertz CT molecular complexity index is 251. The van der Waals surface area contributed by atoms with Gasteiger partial charge in [-0.3, -0.25) is 14.4 Å². The van der Waals surface area contributed by atoms with Gasteiger partial charge in [-0.25, -0.2) is 0 Å². The van der Waals surface area contributed by atoms with Crippen LogP contribution in [0.5, 0.6) is 0 Å². The third kappa shape index (κ3) is 47.9. The molecule has 0 heterocycles. The van der Waals surface area contributed by atoms with E-state index in [0.29, 0.717) is 0 Å². The van der Waals surface area contributed by atoms with Crippen LogP contribution >= 0.6 is 0 Å². The Morgan fingerprint density at radius 1 is 0.684 bits per heavy atom. The van der Waals surface area contributed by atoms with E-state index in [1.54, 1.807) is 12.2 Å². The van der Waals surface area contributed by atoms with Crippen LogP contribution in [0.1, 0.15) is 26.7 Å². The van der Waals surface area contributed by atoms with Crippen molar-refractivity contribution in [3.63, 3.8) is 0 Å². The smallest absolute Gasteiger partial charge is 0.281 e. The van der Waals surface area contributed by atoms with Crippen molar-refractivity contribution in [3.8, 4) is 0 Å². The van der Waals surface area contributed by atoms with E-state index in [1.165, 1.54) is 12.2 Å². The number of hydrogen-bond donors (Lipinski definition) is 0. The largest absolute Gasteiger partial charge is 0.299 e. The van der Waals surface area contributed by atoms with Crippen LogP contribution in [0.25, 0.3) is 0 Å². The summed E-state index contributed by atoms with van der Waals surface area (Å²) in [6, 6.07) is 0. The molecule has 2 radical (unpaired) electrons. The molecule has 4 heteroatoms. The number of carbonyl (C=O) groups excluding carboxylic acids is 3. The minimum Gasteiger partial charge on any atom is -0.299 e. The molecule has 0 saturated carbocycles. The zero-order valence-electron chi connectivity index (χ0n) is 11.3. The van der Waals surface area contributed by atoms with Crippen molar-refractivity contribution in [1.29, 1.82) is 0 Å². The zero-order valence-corrected chi connectivity index (χ0v) is 13.0. The van der Waals surface area contributed by atoms with Crippen LogP contribution < -0.4 is 0 Å². The average molecular weight is 349 g/mol. The van der Waals surface area contributed by atoms with Crippen molar-refractivity contribution in [1.82, 2.24) is 0 Å². The molecule has 0 amide bonds. The van der Waals surface area contributed by atoms with E-state index >= 15 is 0 Å². The predicted octanol–water partition coefficient (Wildman–Crippen LogP) is 3.02. The maximum absolute atomic E-state index is 9.65. The van der Waals surface area contributed by atoms with Gasteiger partial charge in [0, 0.05) is 19.5 Å². The van der Waals surface area contributed by atoms with E-state index in [2.05, 4.69) is 6.79 Å². The number of allylic oxidation sites excluding steroid dienone is 8. The molecule has 0 unspecified atom stereocenters. The van der Waals surface area contributed by atoms with E-state index in [1.807, 2.05) is 38.2 Å². The van der Waals surface area contributed by atoms with Crippen LogP contribution in [-0.4, -0.2) is 19.4 Å². The van der Waals surface area contributed by atoms with Gasteiger partial charge in [0.2, 0.25) is 0 Å². The van der Waals surface area contributed by atoms with Crippen LogP contribution in [0.4, 0.5) is 0 Å². The molecule has 0 aliphatic carbocycles. The molecular formula is C15H20O3Ru. The monoisotopic (exact) mass is 350 g/mol. The molecule has 0 spiro atoms. The van der Waals surface area contributed by atoms with Gasteiger partial charge >= 0.3 is 0 Å². The Balaban J connectivity index is -0.0000000999. The summed E-state index contributed by atoms with van der Waals surface area (Å²) in [4.78, 5) is 26.8. The number of aldehydes is 2. The molecule has 0 fully saturated rings. The molecule has 3 nitrogen and oxygen atoms in total. The summed E-state index contributed by atoms with van der Waals surface area (Å²) in [5.41, 5.74) is 0. The third-order valence-electron chi connectivity index (χ3n) is 1.35. The maximum atomic E-state index is 9.65. The molecule has 0 aromatic rings. The van der Waals surface area contributed by atoms with E-state index in [9.17, 15) is 9.59 Å².